The van der Waals surface area contributed by atoms with E-state index in [2.05, 4.69) is 0 Å². The van der Waals surface area contributed by atoms with Gasteiger partial charge in [-0.3, -0.25) is 4.79 Å². The van der Waals surface area contributed by atoms with Crippen molar-refractivity contribution >= 4 is 30.5 Å². The number of carbonyl (C=O) groups excluding carboxylic acids is 1. The van der Waals surface area contributed by atoms with Gasteiger partial charge in [-0.05, 0) is 50.0 Å². The molecule has 0 aromatic heterocycles. The number of hydrogen-bond donors (Lipinski definition) is 0. The van der Waals surface area contributed by atoms with Gasteiger partial charge in [-0.1, -0.05) is 41.9 Å². The summed E-state index contributed by atoms with van der Waals surface area (Å²) in [6.07, 6.45) is 1.39. The summed E-state index contributed by atoms with van der Waals surface area (Å²) in [4.78, 5) is 11.3. The van der Waals surface area contributed by atoms with E-state index < -0.39 is 18.3 Å². The molecule has 1 aliphatic heterocycles. The van der Waals surface area contributed by atoms with Crippen molar-refractivity contribution in [1.29, 1.82) is 0 Å². The van der Waals surface area contributed by atoms with E-state index >= 15 is 0 Å². The maximum atomic E-state index is 11.3. The lowest BCUT2D eigenvalue weighted by Crippen LogP contribution is -2.46. The van der Waals surface area contributed by atoms with Crippen LogP contribution in [0.25, 0.3) is 0 Å². The summed E-state index contributed by atoms with van der Waals surface area (Å²) in [7, 11) is -0.426. The van der Waals surface area contributed by atoms with Crippen molar-refractivity contribution in [1.82, 2.24) is 0 Å². The van der Waals surface area contributed by atoms with Crippen molar-refractivity contribution in [3.05, 3.63) is 64.7 Å². The Morgan fingerprint density at radius 2 is 1.79 bits per heavy atom. The fourth-order valence-corrected chi connectivity index (χ4v) is 3.20. The Morgan fingerprint density at radius 1 is 1.08 bits per heavy atom. The predicted octanol–water partition coefficient (Wildman–Crippen LogP) is 3.67. The fraction of sp³-hybridized carbons (Fsp3) is 0.316. The highest BCUT2D eigenvalue weighted by molar-refractivity contribution is 6.62. The second-order valence-corrected chi connectivity index (χ2v) is 7.29. The zero-order valence-corrected chi connectivity index (χ0v) is 14.8. The Morgan fingerprint density at radius 3 is 2.46 bits per heavy atom. The van der Waals surface area contributed by atoms with Gasteiger partial charge in [0.25, 0.3) is 0 Å². The molecule has 0 aliphatic carbocycles. The van der Waals surface area contributed by atoms with E-state index in [0.717, 1.165) is 17.3 Å². The lowest BCUT2D eigenvalue weighted by atomic mass is 9.79. The van der Waals surface area contributed by atoms with Gasteiger partial charge in [-0.25, -0.2) is 0 Å². The second kappa shape index (κ2) is 6.36. The lowest BCUT2D eigenvalue weighted by Gasteiger charge is -2.36. The molecule has 1 aliphatic rings. The van der Waals surface area contributed by atoms with Gasteiger partial charge in [-0.2, -0.15) is 0 Å². The molecule has 2 aromatic carbocycles. The average Bonchev–Trinajstić information content (AvgIpc) is 2.78. The normalized spacial score (nSPS) is 22.6. The van der Waals surface area contributed by atoms with Crippen LogP contribution in [0.1, 0.15) is 36.7 Å². The summed E-state index contributed by atoms with van der Waals surface area (Å²) in [6.45, 7) is 6.05. The van der Waals surface area contributed by atoms with Gasteiger partial charge in [0.2, 0.25) is 0 Å². The number of rotatable bonds is 4. The second-order valence-electron chi connectivity index (χ2n) is 6.86. The average molecular weight is 343 g/mol. The minimum Gasteiger partial charge on any atom is -0.399 e. The molecule has 3 rings (SSSR count). The quantitative estimate of drug-likeness (QED) is 0.628. The number of hydrogen-bond acceptors (Lipinski definition) is 3. The molecule has 0 bridgehead atoms. The maximum Gasteiger partial charge on any atom is 0.494 e. The highest BCUT2D eigenvalue weighted by atomic mass is 35.5. The molecule has 1 fully saturated rings. The van der Waals surface area contributed by atoms with E-state index in [4.69, 9.17) is 20.9 Å². The van der Waals surface area contributed by atoms with Crippen molar-refractivity contribution in [2.24, 2.45) is 0 Å². The van der Waals surface area contributed by atoms with Crippen molar-refractivity contribution in [2.75, 3.05) is 0 Å². The first-order chi connectivity index (χ1) is 11.3. The van der Waals surface area contributed by atoms with Crippen LogP contribution in [-0.2, 0) is 15.7 Å². The van der Waals surface area contributed by atoms with Crippen LogP contribution >= 0.6 is 11.6 Å². The third-order valence-corrected chi connectivity index (χ3v) is 5.11. The molecule has 3 nitrogen and oxygen atoms in total. The van der Waals surface area contributed by atoms with Crippen LogP contribution < -0.4 is 5.46 Å². The van der Waals surface area contributed by atoms with Crippen LogP contribution in [0.2, 0.25) is 5.02 Å². The molecule has 2 aromatic rings. The van der Waals surface area contributed by atoms with Crippen LogP contribution in [0.4, 0.5) is 0 Å². The molecule has 0 saturated carbocycles. The summed E-state index contributed by atoms with van der Waals surface area (Å²) in [5.74, 6) is 0. The number of benzene rings is 2. The molecule has 0 spiro atoms. The molecular weight excluding hydrogens is 322 g/mol. The minimum atomic E-state index is -0.587. The number of halogens is 1. The van der Waals surface area contributed by atoms with Crippen LogP contribution in [0.15, 0.2) is 48.5 Å². The fourth-order valence-electron chi connectivity index (χ4n) is 3.00. The summed E-state index contributed by atoms with van der Waals surface area (Å²) < 4.78 is 12.5. The Balaban J connectivity index is 1.92. The van der Waals surface area contributed by atoms with Crippen LogP contribution in [-0.4, -0.2) is 24.6 Å². The smallest absolute Gasteiger partial charge is 0.399 e. The molecule has 0 radical (unpaired) electrons. The Labute approximate surface area is 148 Å². The molecule has 5 heteroatoms. The Hall–Kier alpha value is -1.62. The summed E-state index contributed by atoms with van der Waals surface area (Å²) in [6, 6.07) is 15.2. The topological polar surface area (TPSA) is 35.5 Å². The Bertz CT molecular complexity index is 748. The highest BCUT2D eigenvalue weighted by Gasteiger charge is 2.54. The summed E-state index contributed by atoms with van der Waals surface area (Å²) in [5, 5.41) is 0.607. The third-order valence-electron chi connectivity index (χ3n) is 4.87. The monoisotopic (exact) mass is 342 g/mol. The molecule has 1 atom stereocenters. The molecule has 1 heterocycles. The predicted molar refractivity (Wildman–Crippen MR) is 97.0 cm³/mol. The van der Waals surface area contributed by atoms with Crippen molar-refractivity contribution in [3.63, 3.8) is 0 Å². The van der Waals surface area contributed by atoms with E-state index in [9.17, 15) is 4.79 Å². The molecule has 0 N–H and O–H groups in total. The standard InChI is InChI=1S/C19H20BClO3/c1-18(2)19(3,12-15-11-17(21)10-9-14(15)13-22)24-20(23-18)16-7-5-4-6-8-16/h4-11,13H,12H2,1-3H3. The van der Waals surface area contributed by atoms with Crippen molar-refractivity contribution in [3.8, 4) is 0 Å². The van der Waals surface area contributed by atoms with E-state index in [1.807, 2.05) is 57.2 Å². The SMILES string of the molecule is CC1(C)OB(c2ccccc2)OC1(C)Cc1cc(Cl)ccc1C=O. The molecule has 124 valence electrons. The van der Waals surface area contributed by atoms with E-state index in [1.54, 1.807) is 12.1 Å². The first-order valence-corrected chi connectivity index (χ1v) is 8.37. The first kappa shape index (κ1) is 17.2. The number of carbonyl (C=O) groups is 1. The number of aldehydes is 1. The summed E-state index contributed by atoms with van der Waals surface area (Å²) >= 11 is 6.11. The van der Waals surface area contributed by atoms with Gasteiger partial charge in [0.15, 0.2) is 0 Å². The van der Waals surface area contributed by atoms with Crippen LogP contribution in [0.5, 0.6) is 0 Å². The van der Waals surface area contributed by atoms with Gasteiger partial charge >= 0.3 is 7.12 Å². The van der Waals surface area contributed by atoms with E-state index in [-0.39, 0.29) is 0 Å². The van der Waals surface area contributed by atoms with Gasteiger partial charge in [0, 0.05) is 17.0 Å². The third kappa shape index (κ3) is 3.14. The molecule has 1 saturated heterocycles. The first-order valence-electron chi connectivity index (χ1n) is 7.99. The Kier molecular flexibility index (Phi) is 4.56. The van der Waals surface area contributed by atoms with Gasteiger partial charge in [0.05, 0.1) is 11.2 Å². The zero-order chi connectivity index (χ0) is 17.4. The van der Waals surface area contributed by atoms with Gasteiger partial charge in [0.1, 0.15) is 6.29 Å². The van der Waals surface area contributed by atoms with E-state index in [1.165, 1.54) is 0 Å². The maximum absolute atomic E-state index is 11.3. The molecule has 24 heavy (non-hydrogen) atoms. The highest BCUT2D eigenvalue weighted by Crippen LogP contribution is 2.40. The minimum absolute atomic E-state index is 0.426. The molecule has 1 unspecified atom stereocenters. The van der Waals surface area contributed by atoms with Gasteiger partial charge < -0.3 is 9.31 Å². The summed E-state index contributed by atoms with van der Waals surface area (Å²) in [5.41, 5.74) is 1.37. The van der Waals surface area contributed by atoms with Crippen LogP contribution in [0.3, 0.4) is 0 Å². The van der Waals surface area contributed by atoms with Crippen molar-refractivity contribution < 1.29 is 14.1 Å². The largest absolute Gasteiger partial charge is 0.494 e. The lowest BCUT2D eigenvalue weighted by molar-refractivity contribution is -0.00884. The molecular formula is C19H20BClO3. The van der Waals surface area contributed by atoms with Crippen molar-refractivity contribution in [2.45, 2.75) is 38.4 Å². The van der Waals surface area contributed by atoms with E-state index in [0.29, 0.717) is 17.0 Å². The van der Waals surface area contributed by atoms with Gasteiger partial charge in [-0.15, -0.1) is 0 Å². The zero-order valence-electron chi connectivity index (χ0n) is 14.1. The van der Waals surface area contributed by atoms with Crippen LogP contribution in [0, 0.1) is 0 Å². The molecule has 0 amide bonds.